The second-order valence-corrected chi connectivity index (χ2v) is 5.54. The van der Waals surface area contributed by atoms with E-state index in [0.29, 0.717) is 0 Å². The van der Waals surface area contributed by atoms with Gasteiger partial charge in [-0.3, -0.25) is 0 Å². The van der Waals surface area contributed by atoms with E-state index < -0.39 is 0 Å². The first kappa shape index (κ1) is 10.5. The van der Waals surface area contributed by atoms with E-state index in [1.807, 2.05) is 0 Å². The molecule has 1 aliphatic carbocycles. The molecule has 1 atom stereocenters. The van der Waals surface area contributed by atoms with Crippen LogP contribution in [0.2, 0.25) is 0 Å². The molecule has 2 aliphatic rings. The summed E-state index contributed by atoms with van der Waals surface area (Å²) < 4.78 is 0. The van der Waals surface area contributed by atoms with E-state index in [0.717, 1.165) is 17.9 Å². The summed E-state index contributed by atoms with van der Waals surface area (Å²) in [4.78, 5) is 2.69. The Labute approximate surface area is 88.9 Å². The van der Waals surface area contributed by atoms with Crippen molar-refractivity contribution in [1.29, 1.82) is 0 Å². The van der Waals surface area contributed by atoms with Crippen molar-refractivity contribution in [2.24, 2.45) is 11.8 Å². The molecular formula is C13H25N. The van der Waals surface area contributed by atoms with Crippen LogP contribution in [0.15, 0.2) is 0 Å². The van der Waals surface area contributed by atoms with E-state index in [2.05, 4.69) is 18.7 Å². The minimum atomic E-state index is 0.763. The van der Waals surface area contributed by atoms with Crippen LogP contribution in [-0.4, -0.2) is 24.0 Å². The summed E-state index contributed by atoms with van der Waals surface area (Å²) in [6.45, 7) is 7.43. The summed E-state index contributed by atoms with van der Waals surface area (Å²) in [5, 5.41) is 0. The fraction of sp³-hybridized carbons (Fsp3) is 1.00. The third-order valence-electron chi connectivity index (χ3n) is 4.29. The molecule has 0 aromatic rings. The first-order valence-electron chi connectivity index (χ1n) is 6.51. The fourth-order valence-corrected chi connectivity index (χ4v) is 3.32. The number of hydrogen-bond acceptors (Lipinski definition) is 1. The lowest BCUT2D eigenvalue weighted by Gasteiger charge is -2.38. The molecule has 0 aromatic heterocycles. The van der Waals surface area contributed by atoms with Gasteiger partial charge >= 0.3 is 0 Å². The van der Waals surface area contributed by atoms with Gasteiger partial charge in [0, 0.05) is 12.6 Å². The minimum Gasteiger partial charge on any atom is -0.301 e. The van der Waals surface area contributed by atoms with Crippen LogP contribution >= 0.6 is 0 Å². The fourth-order valence-electron chi connectivity index (χ4n) is 3.32. The molecule has 0 N–H and O–H groups in total. The molecule has 1 nitrogen and oxygen atoms in total. The summed E-state index contributed by atoms with van der Waals surface area (Å²) >= 11 is 0. The average Bonchev–Trinajstić information content (AvgIpc) is 2.71. The monoisotopic (exact) mass is 195 g/mol. The maximum Gasteiger partial charge on any atom is 0.00387 e. The van der Waals surface area contributed by atoms with Gasteiger partial charge in [-0.15, -0.1) is 0 Å². The van der Waals surface area contributed by atoms with Crippen LogP contribution in [0, 0.1) is 11.8 Å². The summed E-state index contributed by atoms with van der Waals surface area (Å²) in [5.41, 5.74) is 0. The Kier molecular flexibility index (Phi) is 3.48. The van der Waals surface area contributed by atoms with Gasteiger partial charge in [0.05, 0.1) is 0 Å². The van der Waals surface area contributed by atoms with Crippen molar-refractivity contribution in [3.05, 3.63) is 0 Å². The van der Waals surface area contributed by atoms with Gasteiger partial charge in [0.15, 0.2) is 0 Å². The van der Waals surface area contributed by atoms with Crippen LogP contribution < -0.4 is 0 Å². The lowest BCUT2D eigenvalue weighted by atomic mass is 9.84. The zero-order chi connectivity index (χ0) is 9.97. The smallest absolute Gasteiger partial charge is 0.00387 e. The van der Waals surface area contributed by atoms with E-state index in [-0.39, 0.29) is 0 Å². The molecule has 0 aromatic carbocycles. The van der Waals surface area contributed by atoms with E-state index in [9.17, 15) is 0 Å². The van der Waals surface area contributed by atoms with Gasteiger partial charge in [0.2, 0.25) is 0 Å². The first-order chi connectivity index (χ1) is 6.77. The minimum absolute atomic E-state index is 0.763. The van der Waals surface area contributed by atoms with E-state index in [4.69, 9.17) is 0 Å². The SMILES string of the molecule is CC(C)N1CCCC(C2CCCC2)C1. The zero-order valence-corrected chi connectivity index (χ0v) is 9.84. The second kappa shape index (κ2) is 4.65. The zero-order valence-electron chi connectivity index (χ0n) is 9.84. The van der Waals surface area contributed by atoms with Crippen molar-refractivity contribution < 1.29 is 0 Å². The van der Waals surface area contributed by atoms with Gasteiger partial charge in [-0.05, 0) is 45.1 Å². The van der Waals surface area contributed by atoms with Crippen molar-refractivity contribution in [2.45, 2.75) is 58.4 Å². The van der Waals surface area contributed by atoms with Gasteiger partial charge in [-0.2, -0.15) is 0 Å². The number of nitrogens with zero attached hydrogens (tertiary/aromatic N) is 1. The molecule has 1 aliphatic heterocycles. The summed E-state index contributed by atoms with van der Waals surface area (Å²) in [6, 6.07) is 0.763. The van der Waals surface area contributed by atoms with Crippen molar-refractivity contribution in [1.82, 2.24) is 4.90 Å². The van der Waals surface area contributed by atoms with Crippen LogP contribution in [0.25, 0.3) is 0 Å². The lowest BCUT2D eigenvalue weighted by Crippen LogP contribution is -2.41. The number of piperidine rings is 1. The largest absolute Gasteiger partial charge is 0.301 e. The van der Waals surface area contributed by atoms with Crippen molar-refractivity contribution in [3.63, 3.8) is 0 Å². The highest BCUT2D eigenvalue weighted by molar-refractivity contribution is 4.82. The van der Waals surface area contributed by atoms with Crippen molar-refractivity contribution >= 4 is 0 Å². The molecule has 82 valence electrons. The molecule has 2 rings (SSSR count). The molecule has 1 heteroatoms. The summed E-state index contributed by atoms with van der Waals surface area (Å²) in [7, 11) is 0. The highest BCUT2D eigenvalue weighted by atomic mass is 15.2. The molecular weight excluding hydrogens is 170 g/mol. The van der Waals surface area contributed by atoms with E-state index in [1.54, 1.807) is 0 Å². The Morgan fingerprint density at radius 2 is 1.57 bits per heavy atom. The standard InChI is InChI=1S/C13H25N/c1-11(2)14-9-5-8-13(10-14)12-6-3-4-7-12/h11-13H,3-10H2,1-2H3. The Morgan fingerprint density at radius 1 is 0.929 bits per heavy atom. The van der Waals surface area contributed by atoms with Crippen molar-refractivity contribution in [3.8, 4) is 0 Å². The van der Waals surface area contributed by atoms with Gasteiger partial charge in [-0.25, -0.2) is 0 Å². The van der Waals surface area contributed by atoms with Gasteiger partial charge < -0.3 is 4.90 Å². The number of hydrogen-bond donors (Lipinski definition) is 0. The van der Waals surface area contributed by atoms with Gasteiger partial charge in [-0.1, -0.05) is 25.7 Å². The Balaban J connectivity index is 1.86. The molecule has 14 heavy (non-hydrogen) atoms. The molecule has 0 amide bonds. The lowest BCUT2D eigenvalue weighted by molar-refractivity contribution is 0.109. The second-order valence-electron chi connectivity index (χ2n) is 5.54. The third kappa shape index (κ3) is 2.31. The van der Waals surface area contributed by atoms with E-state index in [1.165, 1.54) is 51.6 Å². The molecule has 1 heterocycles. The topological polar surface area (TPSA) is 3.24 Å². The molecule has 0 spiro atoms. The predicted octanol–water partition coefficient (Wildman–Crippen LogP) is 3.30. The van der Waals surface area contributed by atoms with Crippen LogP contribution in [0.5, 0.6) is 0 Å². The number of rotatable bonds is 2. The maximum atomic E-state index is 2.69. The van der Waals surface area contributed by atoms with Crippen molar-refractivity contribution in [2.75, 3.05) is 13.1 Å². The van der Waals surface area contributed by atoms with Gasteiger partial charge in [0.25, 0.3) is 0 Å². The first-order valence-corrected chi connectivity index (χ1v) is 6.51. The highest BCUT2D eigenvalue weighted by Gasteiger charge is 2.29. The number of likely N-dealkylation sites (tertiary alicyclic amines) is 1. The summed E-state index contributed by atoms with van der Waals surface area (Å²) in [6.07, 6.45) is 9.01. The molecule has 1 saturated carbocycles. The quantitative estimate of drug-likeness (QED) is 0.653. The van der Waals surface area contributed by atoms with Crippen LogP contribution in [-0.2, 0) is 0 Å². The molecule has 1 saturated heterocycles. The Hall–Kier alpha value is -0.0400. The van der Waals surface area contributed by atoms with Crippen LogP contribution in [0.3, 0.4) is 0 Å². The molecule has 0 radical (unpaired) electrons. The summed E-state index contributed by atoms with van der Waals surface area (Å²) in [5.74, 6) is 2.12. The normalized spacial score (nSPS) is 31.5. The third-order valence-corrected chi connectivity index (χ3v) is 4.29. The predicted molar refractivity (Wildman–Crippen MR) is 61.4 cm³/mol. The highest BCUT2D eigenvalue weighted by Crippen LogP contribution is 2.36. The average molecular weight is 195 g/mol. The van der Waals surface area contributed by atoms with Crippen LogP contribution in [0.1, 0.15) is 52.4 Å². The Morgan fingerprint density at radius 3 is 2.21 bits per heavy atom. The molecule has 1 unspecified atom stereocenters. The Bertz CT molecular complexity index is 170. The van der Waals surface area contributed by atoms with Gasteiger partial charge in [0.1, 0.15) is 0 Å². The molecule has 0 bridgehead atoms. The molecule has 2 fully saturated rings. The van der Waals surface area contributed by atoms with E-state index >= 15 is 0 Å². The maximum absolute atomic E-state index is 2.69. The van der Waals surface area contributed by atoms with Crippen LogP contribution in [0.4, 0.5) is 0 Å².